The van der Waals surface area contributed by atoms with E-state index < -0.39 is 18.8 Å². The molecule has 1 aliphatic carbocycles. The number of methoxy groups -OCH3 is 2. The SMILES string of the molecule is COc1ccc(OC)c2c1C[C@@]1([C@H](C)O)C[C@@H]2OB(c2ccccc2)O1. The van der Waals surface area contributed by atoms with Crippen LogP contribution in [0.3, 0.4) is 0 Å². The summed E-state index contributed by atoms with van der Waals surface area (Å²) in [5.74, 6) is 1.54. The zero-order valence-electron chi connectivity index (χ0n) is 15.3. The molecule has 1 saturated heterocycles. The maximum Gasteiger partial charge on any atom is 0.494 e. The van der Waals surface area contributed by atoms with Gasteiger partial charge in [0.2, 0.25) is 0 Å². The van der Waals surface area contributed by atoms with Crippen molar-refractivity contribution in [3.05, 3.63) is 53.6 Å². The van der Waals surface area contributed by atoms with Gasteiger partial charge < -0.3 is 23.9 Å². The third-order valence-electron chi connectivity index (χ3n) is 5.51. The number of aliphatic hydroxyl groups is 1. The smallest absolute Gasteiger partial charge is 0.494 e. The molecule has 0 radical (unpaired) electrons. The van der Waals surface area contributed by atoms with Crippen LogP contribution in [-0.2, 0) is 15.7 Å². The minimum absolute atomic E-state index is 0.239. The summed E-state index contributed by atoms with van der Waals surface area (Å²) in [6.45, 7) is 1.78. The molecule has 3 atom stereocenters. The summed E-state index contributed by atoms with van der Waals surface area (Å²) < 4.78 is 23.8. The maximum absolute atomic E-state index is 10.6. The molecule has 2 aromatic carbocycles. The van der Waals surface area contributed by atoms with Crippen molar-refractivity contribution in [1.82, 2.24) is 0 Å². The Morgan fingerprint density at radius 3 is 2.46 bits per heavy atom. The highest BCUT2D eigenvalue weighted by Crippen LogP contribution is 2.51. The molecule has 4 rings (SSSR count). The van der Waals surface area contributed by atoms with Crippen LogP contribution in [0, 0.1) is 0 Å². The van der Waals surface area contributed by atoms with E-state index in [9.17, 15) is 5.11 Å². The van der Waals surface area contributed by atoms with Crippen LogP contribution < -0.4 is 14.9 Å². The first-order chi connectivity index (χ1) is 12.6. The molecule has 5 nitrogen and oxygen atoms in total. The first-order valence-corrected chi connectivity index (χ1v) is 8.88. The second kappa shape index (κ2) is 6.61. The van der Waals surface area contributed by atoms with E-state index in [1.165, 1.54) is 0 Å². The standard InChI is InChI=1S/C20H23BO5/c1-13(22)20-11-15-16(23-2)9-10-17(24-3)19(15)18(12-20)25-21(26-20)14-7-5-4-6-8-14/h4-10,13,18,22H,11-12H2,1-3H3/t13-,18-,20-/m0/s1. The van der Waals surface area contributed by atoms with E-state index in [0.717, 1.165) is 28.1 Å². The molecule has 0 saturated carbocycles. The fourth-order valence-corrected chi connectivity index (χ4v) is 4.08. The van der Waals surface area contributed by atoms with E-state index >= 15 is 0 Å². The van der Waals surface area contributed by atoms with Gasteiger partial charge in [0.1, 0.15) is 11.5 Å². The predicted molar refractivity (Wildman–Crippen MR) is 99.0 cm³/mol. The summed E-state index contributed by atoms with van der Waals surface area (Å²) in [5.41, 5.74) is 2.19. The van der Waals surface area contributed by atoms with Gasteiger partial charge in [0.05, 0.1) is 32.0 Å². The van der Waals surface area contributed by atoms with Crippen LogP contribution in [-0.4, -0.2) is 38.1 Å². The fourth-order valence-electron chi connectivity index (χ4n) is 4.08. The average molecular weight is 354 g/mol. The number of aliphatic hydroxyl groups excluding tert-OH is 1. The first-order valence-electron chi connectivity index (χ1n) is 8.88. The summed E-state index contributed by atoms with van der Waals surface area (Å²) in [6.07, 6.45) is 0.232. The van der Waals surface area contributed by atoms with Gasteiger partial charge in [0.25, 0.3) is 0 Å². The molecule has 1 fully saturated rings. The van der Waals surface area contributed by atoms with Crippen LogP contribution in [0.25, 0.3) is 0 Å². The molecule has 0 aromatic heterocycles. The van der Waals surface area contributed by atoms with Gasteiger partial charge in [-0.1, -0.05) is 30.3 Å². The van der Waals surface area contributed by atoms with Crippen LogP contribution in [0.15, 0.2) is 42.5 Å². The third-order valence-corrected chi connectivity index (χ3v) is 5.51. The fraction of sp³-hybridized carbons (Fsp3) is 0.400. The zero-order chi connectivity index (χ0) is 18.3. The van der Waals surface area contributed by atoms with Crippen LogP contribution in [0.4, 0.5) is 0 Å². The lowest BCUT2D eigenvalue weighted by Crippen LogP contribution is -2.60. The Labute approximate surface area is 154 Å². The third kappa shape index (κ3) is 2.69. The van der Waals surface area contributed by atoms with Crippen molar-refractivity contribution in [2.75, 3.05) is 14.2 Å². The van der Waals surface area contributed by atoms with E-state index in [0.29, 0.717) is 12.8 Å². The molecule has 0 amide bonds. The van der Waals surface area contributed by atoms with Gasteiger partial charge in [-0.2, -0.15) is 0 Å². The molecule has 0 spiro atoms. The molecule has 2 aromatic rings. The van der Waals surface area contributed by atoms with Crippen molar-refractivity contribution in [1.29, 1.82) is 0 Å². The number of ether oxygens (including phenoxy) is 2. The van der Waals surface area contributed by atoms with Crippen LogP contribution in [0.5, 0.6) is 11.5 Å². The summed E-state index contributed by atoms with van der Waals surface area (Å²) in [6, 6.07) is 13.6. The van der Waals surface area contributed by atoms with Crippen LogP contribution >= 0.6 is 0 Å². The van der Waals surface area contributed by atoms with E-state index in [1.54, 1.807) is 21.1 Å². The Morgan fingerprint density at radius 1 is 1.12 bits per heavy atom. The Balaban J connectivity index is 1.84. The van der Waals surface area contributed by atoms with Crippen molar-refractivity contribution in [3.8, 4) is 11.5 Å². The summed E-state index contributed by atoms with van der Waals surface area (Å²) in [5, 5.41) is 10.6. The lowest BCUT2D eigenvalue weighted by molar-refractivity contribution is -0.124. The van der Waals surface area contributed by atoms with Crippen LogP contribution in [0.1, 0.15) is 30.6 Å². The van der Waals surface area contributed by atoms with Gasteiger partial charge in [-0.25, -0.2) is 0 Å². The van der Waals surface area contributed by atoms with Gasteiger partial charge in [-0.3, -0.25) is 0 Å². The van der Waals surface area contributed by atoms with Gasteiger partial charge in [-0.05, 0) is 24.5 Å². The monoisotopic (exact) mass is 354 g/mol. The Bertz CT molecular complexity index is 794. The highest BCUT2D eigenvalue weighted by molar-refractivity contribution is 6.61. The number of hydrogen-bond acceptors (Lipinski definition) is 5. The summed E-state index contributed by atoms with van der Waals surface area (Å²) >= 11 is 0. The van der Waals surface area contributed by atoms with E-state index in [4.69, 9.17) is 18.8 Å². The highest BCUT2D eigenvalue weighted by atomic mass is 16.6. The maximum atomic E-state index is 10.6. The van der Waals surface area contributed by atoms with Gasteiger partial charge in [0.15, 0.2) is 0 Å². The van der Waals surface area contributed by atoms with Gasteiger partial charge >= 0.3 is 7.12 Å². The van der Waals surface area contributed by atoms with E-state index in [1.807, 2.05) is 42.5 Å². The van der Waals surface area contributed by atoms with Crippen molar-refractivity contribution in [3.63, 3.8) is 0 Å². The normalized spacial score (nSPS) is 25.4. The van der Waals surface area contributed by atoms with Gasteiger partial charge in [-0.15, -0.1) is 0 Å². The largest absolute Gasteiger partial charge is 0.496 e. The second-order valence-electron chi connectivity index (χ2n) is 6.97. The molecule has 136 valence electrons. The number of hydrogen-bond donors (Lipinski definition) is 1. The highest BCUT2D eigenvalue weighted by Gasteiger charge is 2.53. The molecular weight excluding hydrogens is 331 g/mol. The Kier molecular flexibility index (Phi) is 4.43. The van der Waals surface area contributed by atoms with Crippen LogP contribution in [0.2, 0.25) is 0 Å². The zero-order valence-corrected chi connectivity index (χ0v) is 15.3. The number of benzene rings is 2. The molecule has 1 aliphatic heterocycles. The molecule has 6 heteroatoms. The Morgan fingerprint density at radius 2 is 1.81 bits per heavy atom. The van der Waals surface area contributed by atoms with E-state index in [2.05, 4.69) is 0 Å². The summed E-state index contributed by atoms with van der Waals surface area (Å²) in [4.78, 5) is 0. The molecule has 2 bridgehead atoms. The molecule has 0 unspecified atom stereocenters. The second-order valence-corrected chi connectivity index (χ2v) is 6.97. The lowest BCUT2D eigenvalue weighted by Gasteiger charge is -2.50. The summed E-state index contributed by atoms with van der Waals surface area (Å²) in [7, 11) is 2.77. The Hall–Kier alpha value is -2.02. The lowest BCUT2D eigenvalue weighted by atomic mass is 9.67. The quantitative estimate of drug-likeness (QED) is 0.854. The molecule has 2 aliphatic rings. The molecule has 26 heavy (non-hydrogen) atoms. The molecule has 1 N–H and O–H groups in total. The average Bonchev–Trinajstić information content (AvgIpc) is 2.67. The van der Waals surface area contributed by atoms with Crippen molar-refractivity contribution in [2.24, 2.45) is 0 Å². The van der Waals surface area contributed by atoms with Crippen molar-refractivity contribution >= 4 is 12.6 Å². The number of fused-ring (bicyclic) bond motifs is 4. The topological polar surface area (TPSA) is 57.2 Å². The van der Waals surface area contributed by atoms with E-state index in [-0.39, 0.29) is 6.10 Å². The first kappa shape index (κ1) is 17.4. The minimum Gasteiger partial charge on any atom is -0.496 e. The van der Waals surface area contributed by atoms with Crippen molar-refractivity contribution in [2.45, 2.75) is 37.6 Å². The minimum atomic E-state index is -0.726. The molecule has 1 heterocycles. The van der Waals surface area contributed by atoms with Crippen molar-refractivity contribution < 1.29 is 23.9 Å². The molecular formula is C20H23BO5. The predicted octanol–water partition coefficient (Wildman–Crippen LogP) is 2.25. The van der Waals surface area contributed by atoms with Gasteiger partial charge in [0, 0.05) is 24.0 Å². The number of rotatable bonds is 4.